The van der Waals surface area contributed by atoms with Crippen molar-refractivity contribution in [1.82, 2.24) is 0 Å². The quantitative estimate of drug-likeness (QED) is 0.655. The molecule has 0 aliphatic carbocycles. The topological polar surface area (TPSA) is 73.6 Å². The average Bonchev–Trinajstić information content (AvgIpc) is 2.42. The normalized spacial score (nSPS) is 18.9. The fourth-order valence-corrected chi connectivity index (χ4v) is 2.12. The second-order valence-electron chi connectivity index (χ2n) is 4.43. The first-order valence-corrected chi connectivity index (χ1v) is 6.46. The molecule has 104 valence electrons. The van der Waals surface area contributed by atoms with Crippen molar-refractivity contribution in [2.75, 3.05) is 25.1 Å². The molecule has 0 radical (unpaired) electrons. The molecule has 1 fully saturated rings. The highest BCUT2D eigenvalue weighted by Crippen LogP contribution is 2.30. The van der Waals surface area contributed by atoms with Crippen molar-refractivity contribution in [2.45, 2.75) is 25.8 Å². The van der Waals surface area contributed by atoms with E-state index in [2.05, 4.69) is 5.32 Å². The van der Waals surface area contributed by atoms with Crippen LogP contribution in [0.4, 0.5) is 11.4 Å². The summed E-state index contributed by atoms with van der Waals surface area (Å²) in [4.78, 5) is 10.7. The van der Waals surface area contributed by atoms with Gasteiger partial charge < -0.3 is 14.8 Å². The second-order valence-corrected chi connectivity index (χ2v) is 4.43. The second kappa shape index (κ2) is 6.38. The highest BCUT2D eigenvalue weighted by molar-refractivity contribution is 5.64. The monoisotopic (exact) mass is 266 g/mol. The number of hydrogen-bond donors (Lipinski definition) is 1. The van der Waals surface area contributed by atoms with Crippen LogP contribution >= 0.6 is 0 Å². The molecule has 6 nitrogen and oxygen atoms in total. The zero-order chi connectivity index (χ0) is 13.7. The molecule has 6 heteroatoms. The maximum absolute atomic E-state index is 11.1. The maximum Gasteiger partial charge on any atom is 0.296 e. The van der Waals surface area contributed by atoms with Crippen molar-refractivity contribution in [3.63, 3.8) is 0 Å². The van der Waals surface area contributed by atoms with E-state index in [1.807, 2.05) is 6.92 Å². The van der Waals surface area contributed by atoms with Gasteiger partial charge in [0.25, 0.3) is 5.69 Å². The molecule has 2 rings (SSSR count). The van der Waals surface area contributed by atoms with Gasteiger partial charge in [0.05, 0.1) is 24.2 Å². The molecule has 1 saturated heterocycles. The lowest BCUT2D eigenvalue weighted by Crippen LogP contribution is -2.30. The van der Waals surface area contributed by atoms with Crippen LogP contribution in [0.2, 0.25) is 0 Å². The van der Waals surface area contributed by atoms with Gasteiger partial charge in [-0.1, -0.05) is 0 Å². The average molecular weight is 266 g/mol. The molecule has 19 heavy (non-hydrogen) atoms. The number of nitro groups is 1. The molecule has 1 aromatic carbocycles. The van der Waals surface area contributed by atoms with E-state index in [0.29, 0.717) is 24.7 Å². The van der Waals surface area contributed by atoms with Crippen LogP contribution in [0.3, 0.4) is 0 Å². The highest BCUT2D eigenvalue weighted by Gasteiger charge is 2.20. The fraction of sp³-hybridized carbons (Fsp3) is 0.538. The van der Waals surface area contributed by atoms with Gasteiger partial charge in [-0.05, 0) is 31.9 Å². The Kier molecular flexibility index (Phi) is 4.57. The Balaban J connectivity index is 2.15. The maximum atomic E-state index is 11.1. The lowest BCUT2D eigenvalue weighted by atomic mass is 10.1. The SMILES string of the molecule is CCOc1ccc(NC2CCCOC2)c([N+](=O)[O-])c1. The zero-order valence-electron chi connectivity index (χ0n) is 10.9. The number of hydrogen-bond acceptors (Lipinski definition) is 5. The predicted octanol–water partition coefficient (Wildman–Crippen LogP) is 2.58. The fourth-order valence-electron chi connectivity index (χ4n) is 2.12. The molecule has 1 unspecified atom stereocenters. The number of nitrogens with zero attached hydrogens (tertiary/aromatic N) is 1. The summed E-state index contributed by atoms with van der Waals surface area (Å²) in [5.41, 5.74) is 0.556. The molecule has 1 aliphatic rings. The van der Waals surface area contributed by atoms with Gasteiger partial charge in [0.1, 0.15) is 11.4 Å². The van der Waals surface area contributed by atoms with Crippen LogP contribution in [0.15, 0.2) is 18.2 Å². The summed E-state index contributed by atoms with van der Waals surface area (Å²) in [6.45, 7) is 3.69. The third kappa shape index (κ3) is 3.57. The Morgan fingerprint density at radius 3 is 3.05 bits per heavy atom. The van der Waals surface area contributed by atoms with E-state index < -0.39 is 4.92 Å². The van der Waals surface area contributed by atoms with E-state index in [0.717, 1.165) is 19.4 Å². The van der Waals surface area contributed by atoms with Crippen molar-refractivity contribution in [2.24, 2.45) is 0 Å². The van der Waals surface area contributed by atoms with Crippen molar-refractivity contribution in [3.05, 3.63) is 28.3 Å². The summed E-state index contributed by atoms with van der Waals surface area (Å²) in [6, 6.07) is 5.01. The van der Waals surface area contributed by atoms with Gasteiger partial charge in [-0.3, -0.25) is 10.1 Å². The summed E-state index contributed by atoms with van der Waals surface area (Å²) >= 11 is 0. The van der Waals surface area contributed by atoms with Crippen LogP contribution in [0.25, 0.3) is 0 Å². The molecular formula is C13H18N2O4. The Morgan fingerprint density at radius 2 is 2.42 bits per heavy atom. The van der Waals surface area contributed by atoms with Crippen LogP contribution in [-0.4, -0.2) is 30.8 Å². The van der Waals surface area contributed by atoms with Crippen molar-refractivity contribution in [3.8, 4) is 5.75 Å². The van der Waals surface area contributed by atoms with Crippen LogP contribution < -0.4 is 10.1 Å². The van der Waals surface area contributed by atoms with E-state index in [4.69, 9.17) is 9.47 Å². The molecular weight excluding hydrogens is 248 g/mol. The molecule has 0 aromatic heterocycles. The molecule has 1 aromatic rings. The first-order valence-electron chi connectivity index (χ1n) is 6.46. The summed E-state index contributed by atoms with van der Waals surface area (Å²) in [5, 5.41) is 14.3. The highest BCUT2D eigenvalue weighted by atomic mass is 16.6. The van der Waals surface area contributed by atoms with Crippen LogP contribution in [0, 0.1) is 10.1 Å². The van der Waals surface area contributed by atoms with E-state index in [1.54, 1.807) is 12.1 Å². The Hall–Kier alpha value is -1.82. The number of ether oxygens (including phenoxy) is 2. The molecule has 1 N–H and O–H groups in total. The lowest BCUT2D eigenvalue weighted by Gasteiger charge is -2.24. The van der Waals surface area contributed by atoms with Gasteiger partial charge >= 0.3 is 0 Å². The smallest absolute Gasteiger partial charge is 0.296 e. The zero-order valence-corrected chi connectivity index (χ0v) is 10.9. The van der Waals surface area contributed by atoms with Gasteiger partial charge in [0.2, 0.25) is 0 Å². The van der Waals surface area contributed by atoms with E-state index in [9.17, 15) is 10.1 Å². The van der Waals surface area contributed by atoms with Crippen molar-refractivity contribution in [1.29, 1.82) is 0 Å². The van der Waals surface area contributed by atoms with Gasteiger partial charge in [-0.2, -0.15) is 0 Å². The molecule has 1 aliphatic heterocycles. The predicted molar refractivity (Wildman–Crippen MR) is 71.7 cm³/mol. The van der Waals surface area contributed by atoms with Crippen LogP contribution in [-0.2, 0) is 4.74 Å². The van der Waals surface area contributed by atoms with Crippen molar-refractivity contribution >= 4 is 11.4 Å². The minimum atomic E-state index is -0.394. The lowest BCUT2D eigenvalue weighted by molar-refractivity contribution is -0.384. The Labute approximate surface area is 111 Å². The minimum absolute atomic E-state index is 0.0384. The van der Waals surface area contributed by atoms with Gasteiger partial charge in [-0.25, -0.2) is 0 Å². The summed E-state index contributed by atoms with van der Waals surface area (Å²) in [6.07, 6.45) is 1.94. The Morgan fingerprint density at radius 1 is 1.58 bits per heavy atom. The number of anilines is 1. The Bertz CT molecular complexity index is 444. The van der Waals surface area contributed by atoms with E-state index in [-0.39, 0.29) is 11.7 Å². The van der Waals surface area contributed by atoms with Crippen LogP contribution in [0.1, 0.15) is 19.8 Å². The number of nitrogens with one attached hydrogen (secondary N) is 1. The largest absolute Gasteiger partial charge is 0.494 e. The van der Waals surface area contributed by atoms with Gasteiger partial charge in [0, 0.05) is 12.6 Å². The molecule has 1 atom stereocenters. The first-order chi connectivity index (χ1) is 9.20. The molecule has 1 heterocycles. The van der Waals surface area contributed by atoms with E-state index in [1.165, 1.54) is 6.07 Å². The number of rotatable bonds is 5. The standard InChI is InChI=1S/C13H18N2O4/c1-2-19-11-5-6-12(13(8-11)15(16)17)14-10-4-3-7-18-9-10/h5-6,8,10,14H,2-4,7,9H2,1H3. The third-order valence-electron chi connectivity index (χ3n) is 3.00. The number of benzene rings is 1. The summed E-state index contributed by atoms with van der Waals surface area (Å²) in [7, 11) is 0. The molecule has 0 amide bonds. The van der Waals surface area contributed by atoms with Gasteiger partial charge in [-0.15, -0.1) is 0 Å². The van der Waals surface area contributed by atoms with Gasteiger partial charge in [0.15, 0.2) is 0 Å². The van der Waals surface area contributed by atoms with Crippen LogP contribution in [0.5, 0.6) is 5.75 Å². The first kappa shape index (κ1) is 13.6. The minimum Gasteiger partial charge on any atom is -0.494 e. The summed E-state index contributed by atoms with van der Waals surface area (Å²) < 4.78 is 10.6. The molecule has 0 spiro atoms. The van der Waals surface area contributed by atoms with Crippen molar-refractivity contribution < 1.29 is 14.4 Å². The molecule has 0 saturated carbocycles. The third-order valence-corrected chi connectivity index (χ3v) is 3.00. The molecule has 0 bridgehead atoms. The number of nitro benzene ring substituents is 1. The van der Waals surface area contributed by atoms with E-state index >= 15 is 0 Å². The summed E-state index contributed by atoms with van der Waals surface area (Å²) in [5.74, 6) is 0.514.